The molecule has 0 fully saturated rings. The fourth-order valence-electron chi connectivity index (χ4n) is 2.65. The molecule has 2 N–H and O–H groups in total. The number of anilines is 1. The maximum Gasteiger partial charge on any atom is 0.326 e. The molecule has 0 spiro atoms. The number of amides is 2. The van der Waals surface area contributed by atoms with Crippen LogP contribution in [-0.2, 0) is 9.53 Å². The van der Waals surface area contributed by atoms with Crippen LogP contribution in [0.1, 0.15) is 27.6 Å². The van der Waals surface area contributed by atoms with Crippen molar-refractivity contribution in [1.29, 1.82) is 0 Å². The van der Waals surface area contributed by atoms with Crippen molar-refractivity contribution < 1.29 is 19.1 Å². The zero-order chi connectivity index (χ0) is 15.9. The van der Waals surface area contributed by atoms with Gasteiger partial charge in [-0.3, -0.25) is 19.3 Å². The van der Waals surface area contributed by atoms with Gasteiger partial charge in [-0.25, -0.2) is 0 Å². The zero-order valence-electron chi connectivity index (χ0n) is 12.0. The lowest BCUT2D eigenvalue weighted by Gasteiger charge is -2.26. The molecular weight excluding hydrogens is 284 g/mol. The lowest BCUT2D eigenvalue weighted by atomic mass is 9.93. The summed E-state index contributed by atoms with van der Waals surface area (Å²) < 4.78 is 4.82. The number of nitrogens with zero attached hydrogens (tertiary/aromatic N) is 1. The van der Waals surface area contributed by atoms with E-state index in [1.165, 1.54) is 0 Å². The summed E-state index contributed by atoms with van der Waals surface area (Å²) in [6.45, 7) is 1.46. The number of carbonyl (C=O) groups excluding carboxylic acids is 3. The molecule has 3 rings (SSSR count). The predicted molar refractivity (Wildman–Crippen MR) is 80.4 cm³/mol. The fraction of sp³-hybridized carbons (Fsp3) is 0.188. The van der Waals surface area contributed by atoms with E-state index in [-0.39, 0.29) is 6.61 Å². The average molecular weight is 298 g/mol. The summed E-state index contributed by atoms with van der Waals surface area (Å²) in [5.74, 6) is -1.64. The molecule has 1 aliphatic heterocycles. The number of esters is 1. The molecule has 0 radical (unpaired) electrons. The summed E-state index contributed by atoms with van der Waals surface area (Å²) in [4.78, 5) is 37.6. The molecule has 1 heterocycles. The van der Waals surface area contributed by atoms with E-state index in [0.29, 0.717) is 27.6 Å². The minimum Gasteiger partial charge on any atom is -0.465 e. The minimum absolute atomic E-state index is 0.192. The topological polar surface area (TPSA) is 89.7 Å². The molecule has 0 saturated heterocycles. The summed E-state index contributed by atoms with van der Waals surface area (Å²) in [7, 11) is 0. The van der Waals surface area contributed by atoms with Crippen LogP contribution in [0, 0.1) is 0 Å². The number of nitrogens with two attached hydrogens (primary N) is 1. The van der Waals surface area contributed by atoms with Gasteiger partial charge in [0.05, 0.1) is 6.61 Å². The SMILES string of the molecule is CCOC(=O)CN1C(=O)c2cccc3c(N)ccc(c23)C1=O. The van der Waals surface area contributed by atoms with E-state index in [1.54, 1.807) is 37.3 Å². The van der Waals surface area contributed by atoms with Crippen LogP contribution in [0.25, 0.3) is 10.8 Å². The van der Waals surface area contributed by atoms with Gasteiger partial charge in [-0.15, -0.1) is 0 Å². The number of rotatable bonds is 3. The number of benzene rings is 2. The van der Waals surface area contributed by atoms with Gasteiger partial charge in [-0.2, -0.15) is 0 Å². The quantitative estimate of drug-likeness (QED) is 0.528. The third-order valence-electron chi connectivity index (χ3n) is 3.62. The molecule has 112 valence electrons. The Labute approximate surface area is 126 Å². The normalized spacial score (nSPS) is 13.6. The maximum absolute atomic E-state index is 12.5. The zero-order valence-corrected chi connectivity index (χ0v) is 12.0. The second kappa shape index (κ2) is 5.14. The lowest BCUT2D eigenvalue weighted by Crippen LogP contribution is -2.43. The summed E-state index contributed by atoms with van der Waals surface area (Å²) in [5, 5.41) is 1.20. The van der Waals surface area contributed by atoms with Crippen LogP contribution >= 0.6 is 0 Å². The van der Waals surface area contributed by atoms with E-state index in [1.807, 2.05) is 0 Å². The van der Waals surface area contributed by atoms with Crippen molar-refractivity contribution in [3.8, 4) is 0 Å². The highest BCUT2D eigenvalue weighted by atomic mass is 16.5. The molecule has 2 amide bonds. The molecule has 6 heteroatoms. The van der Waals surface area contributed by atoms with E-state index >= 15 is 0 Å². The van der Waals surface area contributed by atoms with Gasteiger partial charge in [0.2, 0.25) is 0 Å². The number of hydrogen-bond donors (Lipinski definition) is 1. The van der Waals surface area contributed by atoms with Crippen LogP contribution in [-0.4, -0.2) is 35.8 Å². The van der Waals surface area contributed by atoms with Gasteiger partial charge < -0.3 is 10.5 Å². The van der Waals surface area contributed by atoms with E-state index in [9.17, 15) is 14.4 Å². The van der Waals surface area contributed by atoms with Gasteiger partial charge in [0.1, 0.15) is 6.54 Å². The first kappa shape index (κ1) is 14.1. The Bertz CT molecular complexity index is 791. The minimum atomic E-state index is -0.615. The molecule has 22 heavy (non-hydrogen) atoms. The Kier molecular flexibility index (Phi) is 3.29. The average Bonchev–Trinajstić information content (AvgIpc) is 2.51. The molecule has 0 bridgehead atoms. The van der Waals surface area contributed by atoms with Crippen molar-refractivity contribution in [3.05, 3.63) is 41.5 Å². The third kappa shape index (κ3) is 2.00. The van der Waals surface area contributed by atoms with Crippen LogP contribution in [0.5, 0.6) is 0 Å². The van der Waals surface area contributed by atoms with Gasteiger partial charge in [0, 0.05) is 27.6 Å². The maximum atomic E-state index is 12.5. The predicted octanol–water partition coefficient (Wildman–Crippen LogP) is 1.58. The van der Waals surface area contributed by atoms with Crippen molar-refractivity contribution in [2.45, 2.75) is 6.92 Å². The first-order valence-corrected chi connectivity index (χ1v) is 6.87. The molecular formula is C16H14N2O4. The summed E-state index contributed by atoms with van der Waals surface area (Å²) in [5.41, 5.74) is 7.14. The number of hydrogen-bond acceptors (Lipinski definition) is 5. The van der Waals surface area contributed by atoms with Gasteiger partial charge in [-0.05, 0) is 25.1 Å². The molecule has 6 nitrogen and oxygen atoms in total. The molecule has 0 aliphatic carbocycles. The monoisotopic (exact) mass is 298 g/mol. The second-order valence-electron chi connectivity index (χ2n) is 4.93. The molecule has 0 unspecified atom stereocenters. The second-order valence-corrected chi connectivity index (χ2v) is 4.93. The fourth-order valence-corrected chi connectivity index (χ4v) is 2.65. The van der Waals surface area contributed by atoms with Crippen molar-refractivity contribution in [1.82, 2.24) is 4.90 Å². The van der Waals surface area contributed by atoms with Gasteiger partial charge in [0.25, 0.3) is 11.8 Å². The molecule has 2 aromatic rings. The Morgan fingerprint density at radius 2 is 1.82 bits per heavy atom. The number of carbonyl (C=O) groups is 3. The molecule has 0 saturated carbocycles. The van der Waals surface area contributed by atoms with E-state index < -0.39 is 24.3 Å². The van der Waals surface area contributed by atoms with Crippen LogP contribution in [0.2, 0.25) is 0 Å². The molecule has 1 aliphatic rings. The molecule has 0 atom stereocenters. The first-order chi connectivity index (χ1) is 10.5. The molecule has 0 aromatic heterocycles. The van der Waals surface area contributed by atoms with E-state index in [4.69, 9.17) is 10.5 Å². The van der Waals surface area contributed by atoms with Crippen molar-refractivity contribution in [2.75, 3.05) is 18.9 Å². The summed E-state index contributed by atoms with van der Waals surface area (Å²) in [6, 6.07) is 8.29. The highest BCUT2D eigenvalue weighted by Gasteiger charge is 2.34. The standard InChI is InChI=1S/C16H14N2O4/c1-2-22-13(19)8-18-15(20)10-5-3-4-9-12(17)7-6-11(14(9)10)16(18)21/h3-7H,2,8,17H2,1H3. The Hall–Kier alpha value is -2.89. The summed E-state index contributed by atoms with van der Waals surface area (Å²) >= 11 is 0. The molecule has 2 aromatic carbocycles. The smallest absolute Gasteiger partial charge is 0.326 e. The summed E-state index contributed by atoms with van der Waals surface area (Å²) in [6.07, 6.45) is 0. The van der Waals surface area contributed by atoms with E-state index in [2.05, 4.69) is 0 Å². The Morgan fingerprint density at radius 3 is 2.50 bits per heavy atom. The number of ether oxygens (including phenoxy) is 1. The third-order valence-corrected chi connectivity index (χ3v) is 3.62. The lowest BCUT2D eigenvalue weighted by molar-refractivity contribution is -0.143. The van der Waals surface area contributed by atoms with Gasteiger partial charge in [0.15, 0.2) is 0 Å². The van der Waals surface area contributed by atoms with Crippen molar-refractivity contribution in [2.24, 2.45) is 0 Å². The highest BCUT2D eigenvalue weighted by Crippen LogP contribution is 2.33. The van der Waals surface area contributed by atoms with Crippen LogP contribution in [0.15, 0.2) is 30.3 Å². The van der Waals surface area contributed by atoms with Crippen molar-refractivity contribution in [3.63, 3.8) is 0 Å². The number of imide groups is 1. The Morgan fingerprint density at radius 1 is 1.14 bits per heavy atom. The van der Waals surface area contributed by atoms with Crippen LogP contribution < -0.4 is 5.73 Å². The van der Waals surface area contributed by atoms with E-state index in [0.717, 1.165) is 4.90 Å². The van der Waals surface area contributed by atoms with Crippen molar-refractivity contribution >= 4 is 34.2 Å². The largest absolute Gasteiger partial charge is 0.465 e. The van der Waals surface area contributed by atoms with Gasteiger partial charge >= 0.3 is 5.97 Å². The number of nitrogen functional groups attached to an aromatic ring is 1. The Balaban J connectivity index is 2.13. The van der Waals surface area contributed by atoms with Gasteiger partial charge in [-0.1, -0.05) is 12.1 Å². The van der Waals surface area contributed by atoms with Crippen LogP contribution in [0.3, 0.4) is 0 Å². The highest BCUT2D eigenvalue weighted by molar-refractivity contribution is 6.27. The first-order valence-electron chi connectivity index (χ1n) is 6.87. The van der Waals surface area contributed by atoms with Crippen LogP contribution in [0.4, 0.5) is 5.69 Å².